The topological polar surface area (TPSA) is 48.1 Å². The number of aryl methyl sites for hydroxylation is 1. The normalized spacial score (nSPS) is 12.0. The number of rotatable bonds is 5. The Labute approximate surface area is 131 Å². The number of thiazole rings is 1. The average molecular weight is 304 g/mol. The van der Waals surface area contributed by atoms with Crippen molar-refractivity contribution < 1.29 is 4.74 Å². The van der Waals surface area contributed by atoms with Crippen LogP contribution in [0.5, 0.6) is 5.75 Å². The lowest BCUT2D eigenvalue weighted by molar-refractivity contribution is 0.271. The predicted molar refractivity (Wildman–Crippen MR) is 89.8 cm³/mol. The van der Waals surface area contributed by atoms with E-state index in [0.29, 0.717) is 5.92 Å². The molecule has 0 saturated carbocycles. The molecule has 4 heteroatoms. The maximum Gasteiger partial charge on any atom is 0.123 e. The highest BCUT2D eigenvalue weighted by molar-refractivity contribution is 7.15. The summed E-state index contributed by atoms with van der Waals surface area (Å²) in [6.45, 7) is 11.1. The first-order valence-corrected chi connectivity index (χ1v) is 8.09. The molecule has 0 aliphatic rings. The number of hydrogen-bond donors (Lipinski definition) is 1. The Kier molecular flexibility index (Phi) is 4.69. The van der Waals surface area contributed by atoms with Crippen LogP contribution in [0.4, 0.5) is 0 Å². The first kappa shape index (κ1) is 16.0. The fourth-order valence-corrected chi connectivity index (χ4v) is 3.16. The van der Waals surface area contributed by atoms with Gasteiger partial charge in [0.15, 0.2) is 0 Å². The van der Waals surface area contributed by atoms with Gasteiger partial charge in [0.25, 0.3) is 0 Å². The highest BCUT2D eigenvalue weighted by Crippen LogP contribution is 2.33. The van der Waals surface area contributed by atoms with Gasteiger partial charge in [0, 0.05) is 16.0 Å². The number of benzene rings is 1. The molecule has 21 heavy (non-hydrogen) atoms. The van der Waals surface area contributed by atoms with Gasteiger partial charge >= 0.3 is 0 Å². The summed E-state index contributed by atoms with van der Waals surface area (Å²) < 4.78 is 5.70. The minimum atomic E-state index is -0.347. The number of aromatic nitrogens is 1. The molecule has 0 radical (unpaired) electrons. The molecule has 2 aromatic rings. The lowest BCUT2D eigenvalue weighted by Gasteiger charge is -2.16. The molecule has 0 unspecified atom stereocenters. The van der Waals surface area contributed by atoms with Crippen molar-refractivity contribution in [1.29, 1.82) is 0 Å². The van der Waals surface area contributed by atoms with E-state index in [2.05, 4.69) is 31.0 Å². The van der Waals surface area contributed by atoms with Crippen LogP contribution in [0.1, 0.15) is 38.3 Å². The van der Waals surface area contributed by atoms with Crippen molar-refractivity contribution in [2.45, 2.75) is 40.2 Å². The van der Waals surface area contributed by atoms with Crippen LogP contribution in [0.15, 0.2) is 24.3 Å². The van der Waals surface area contributed by atoms with Gasteiger partial charge in [0.2, 0.25) is 0 Å². The maximum absolute atomic E-state index is 6.19. The summed E-state index contributed by atoms with van der Waals surface area (Å²) in [6, 6.07) is 8.12. The van der Waals surface area contributed by atoms with Gasteiger partial charge in [0.05, 0.1) is 12.3 Å². The fraction of sp³-hybridized carbons (Fsp3) is 0.471. The van der Waals surface area contributed by atoms with Gasteiger partial charge in [-0.2, -0.15) is 0 Å². The summed E-state index contributed by atoms with van der Waals surface area (Å²) in [7, 11) is 0. The van der Waals surface area contributed by atoms with Crippen LogP contribution in [0.2, 0.25) is 0 Å². The molecule has 2 rings (SSSR count). The molecule has 1 aromatic heterocycles. The lowest BCUT2D eigenvalue weighted by Crippen LogP contribution is -2.28. The molecule has 0 amide bonds. The van der Waals surface area contributed by atoms with E-state index in [0.717, 1.165) is 33.5 Å². The van der Waals surface area contributed by atoms with Crippen LogP contribution in [-0.4, -0.2) is 11.6 Å². The third-order valence-corrected chi connectivity index (χ3v) is 4.61. The fourth-order valence-electron chi connectivity index (χ4n) is 2.07. The lowest BCUT2D eigenvalue weighted by atomic mass is 10.0. The van der Waals surface area contributed by atoms with E-state index in [9.17, 15) is 0 Å². The minimum absolute atomic E-state index is 0.347. The summed E-state index contributed by atoms with van der Waals surface area (Å²) in [5.41, 5.74) is 7.97. The first-order valence-electron chi connectivity index (χ1n) is 7.27. The van der Waals surface area contributed by atoms with Gasteiger partial charge < -0.3 is 10.5 Å². The molecule has 2 N–H and O–H groups in total. The van der Waals surface area contributed by atoms with Crippen LogP contribution in [-0.2, 0) is 5.54 Å². The highest BCUT2D eigenvalue weighted by atomic mass is 32.1. The molecule has 114 valence electrons. The first-order chi connectivity index (χ1) is 9.77. The largest absolute Gasteiger partial charge is 0.493 e. The van der Waals surface area contributed by atoms with Crippen molar-refractivity contribution in [3.63, 3.8) is 0 Å². The van der Waals surface area contributed by atoms with Crippen molar-refractivity contribution in [3.8, 4) is 16.3 Å². The van der Waals surface area contributed by atoms with Gasteiger partial charge in [-0.1, -0.05) is 13.8 Å². The summed E-state index contributed by atoms with van der Waals surface area (Å²) in [5, 5.41) is 1.01. The number of nitrogens with zero attached hydrogens (tertiary/aromatic N) is 1. The zero-order valence-electron chi connectivity index (χ0n) is 13.4. The highest BCUT2D eigenvalue weighted by Gasteiger charge is 2.21. The molecular weight excluding hydrogens is 280 g/mol. The van der Waals surface area contributed by atoms with Gasteiger partial charge in [-0.3, -0.25) is 0 Å². The van der Waals surface area contributed by atoms with Crippen molar-refractivity contribution in [2.75, 3.05) is 6.61 Å². The predicted octanol–water partition coefficient (Wildman–Crippen LogP) is 4.35. The second kappa shape index (κ2) is 6.16. The summed E-state index contributed by atoms with van der Waals surface area (Å²) >= 11 is 1.67. The molecule has 0 saturated heterocycles. The number of ether oxygens (including phenoxy) is 1. The molecule has 0 bridgehead atoms. The molecule has 3 nitrogen and oxygen atoms in total. The Balaban J connectivity index is 2.19. The standard InChI is InChI=1S/C17H24N2OS/c1-11(2)10-20-14-8-6-13(7-9-14)16-19-12(3)15(21-16)17(4,5)18/h6-9,11H,10,18H2,1-5H3. The SMILES string of the molecule is Cc1nc(-c2ccc(OCC(C)C)cc2)sc1C(C)(C)N. The quantitative estimate of drug-likeness (QED) is 0.893. The molecule has 0 aliphatic carbocycles. The summed E-state index contributed by atoms with van der Waals surface area (Å²) in [5.74, 6) is 1.43. The van der Waals surface area contributed by atoms with Crippen molar-refractivity contribution in [3.05, 3.63) is 34.8 Å². The van der Waals surface area contributed by atoms with Gasteiger partial charge in [-0.05, 0) is 51.0 Å². The van der Waals surface area contributed by atoms with E-state index in [1.807, 2.05) is 32.9 Å². The Hall–Kier alpha value is -1.39. The van der Waals surface area contributed by atoms with Crippen LogP contribution >= 0.6 is 11.3 Å². The van der Waals surface area contributed by atoms with E-state index in [4.69, 9.17) is 10.5 Å². The van der Waals surface area contributed by atoms with Crippen LogP contribution in [0.3, 0.4) is 0 Å². The van der Waals surface area contributed by atoms with Crippen LogP contribution in [0, 0.1) is 12.8 Å². The Morgan fingerprint density at radius 2 is 1.86 bits per heavy atom. The summed E-state index contributed by atoms with van der Waals surface area (Å²) in [4.78, 5) is 5.79. The second-order valence-electron chi connectivity index (χ2n) is 6.38. The molecule has 1 aromatic carbocycles. The van der Waals surface area contributed by atoms with Gasteiger partial charge in [-0.25, -0.2) is 4.98 Å². The van der Waals surface area contributed by atoms with Crippen molar-refractivity contribution in [2.24, 2.45) is 11.7 Å². The van der Waals surface area contributed by atoms with E-state index in [1.165, 1.54) is 0 Å². The third kappa shape index (κ3) is 4.05. The van der Waals surface area contributed by atoms with E-state index >= 15 is 0 Å². The van der Waals surface area contributed by atoms with Crippen molar-refractivity contribution >= 4 is 11.3 Å². The molecular formula is C17H24N2OS. The Morgan fingerprint density at radius 3 is 2.33 bits per heavy atom. The Bertz CT molecular complexity index is 594. The second-order valence-corrected chi connectivity index (χ2v) is 7.38. The zero-order valence-corrected chi connectivity index (χ0v) is 14.3. The molecule has 0 fully saturated rings. The van der Waals surface area contributed by atoms with E-state index < -0.39 is 0 Å². The smallest absolute Gasteiger partial charge is 0.123 e. The van der Waals surface area contributed by atoms with Crippen LogP contribution < -0.4 is 10.5 Å². The number of nitrogens with two attached hydrogens (primary N) is 1. The molecule has 0 spiro atoms. The summed E-state index contributed by atoms with van der Waals surface area (Å²) in [6.07, 6.45) is 0. The van der Waals surface area contributed by atoms with Gasteiger partial charge in [0.1, 0.15) is 10.8 Å². The zero-order chi connectivity index (χ0) is 15.6. The van der Waals surface area contributed by atoms with E-state index in [1.54, 1.807) is 11.3 Å². The van der Waals surface area contributed by atoms with Gasteiger partial charge in [-0.15, -0.1) is 11.3 Å². The van der Waals surface area contributed by atoms with E-state index in [-0.39, 0.29) is 5.54 Å². The monoisotopic (exact) mass is 304 g/mol. The third-order valence-electron chi connectivity index (χ3n) is 3.07. The minimum Gasteiger partial charge on any atom is -0.493 e. The molecule has 1 heterocycles. The van der Waals surface area contributed by atoms with Crippen LogP contribution in [0.25, 0.3) is 10.6 Å². The maximum atomic E-state index is 6.19. The van der Waals surface area contributed by atoms with Crippen molar-refractivity contribution in [1.82, 2.24) is 4.98 Å². The Morgan fingerprint density at radius 1 is 1.24 bits per heavy atom. The molecule has 0 atom stereocenters. The molecule has 0 aliphatic heterocycles. The number of hydrogen-bond acceptors (Lipinski definition) is 4. The average Bonchev–Trinajstić information content (AvgIpc) is 2.79.